The molecule has 0 aliphatic carbocycles. The largest absolute Gasteiger partial charge is 0.342 e. The molecule has 0 unspecified atom stereocenters. The normalized spacial score (nSPS) is 10.2. The standard InChI is InChI=1S/C12H15BrClNO/c1-2-15(8-7-13)12(16)9-10-3-5-11(14)6-4-10/h3-6H,2,7-9H2,1H3. The number of rotatable bonds is 5. The quantitative estimate of drug-likeness (QED) is 0.765. The molecule has 1 aromatic rings. The first-order chi connectivity index (χ1) is 7.67. The SMILES string of the molecule is CCN(CCBr)C(=O)Cc1ccc(Cl)cc1. The maximum Gasteiger partial charge on any atom is 0.227 e. The Kier molecular flexibility index (Phi) is 5.85. The Balaban J connectivity index is 2.59. The summed E-state index contributed by atoms with van der Waals surface area (Å²) < 4.78 is 0. The highest BCUT2D eigenvalue weighted by atomic mass is 79.9. The number of alkyl halides is 1. The average molecular weight is 305 g/mol. The lowest BCUT2D eigenvalue weighted by molar-refractivity contribution is -0.130. The monoisotopic (exact) mass is 303 g/mol. The van der Waals surface area contributed by atoms with E-state index in [0.717, 1.165) is 24.0 Å². The van der Waals surface area contributed by atoms with Gasteiger partial charge in [-0.1, -0.05) is 39.7 Å². The van der Waals surface area contributed by atoms with Crippen LogP contribution < -0.4 is 0 Å². The topological polar surface area (TPSA) is 20.3 Å². The molecule has 2 nitrogen and oxygen atoms in total. The Bertz CT molecular complexity index is 339. The van der Waals surface area contributed by atoms with E-state index in [1.165, 1.54) is 0 Å². The third-order valence-corrected chi connectivity index (χ3v) is 2.96. The summed E-state index contributed by atoms with van der Waals surface area (Å²) in [5.74, 6) is 0.157. The minimum Gasteiger partial charge on any atom is -0.342 e. The van der Waals surface area contributed by atoms with Crippen molar-refractivity contribution in [2.24, 2.45) is 0 Å². The summed E-state index contributed by atoms with van der Waals surface area (Å²) in [4.78, 5) is 13.7. The van der Waals surface area contributed by atoms with Gasteiger partial charge in [-0.05, 0) is 24.6 Å². The Morgan fingerprint density at radius 3 is 2.50 bits per heavy atom. The number of nitrogens with zero attached hydrogens (tertiary/aromatic N) is 1. The summed E-state index contributed by atoms with van der Waals surface area (Å²) in [6.45, 7) is 3.49. The van der Waals surface area contributed by atoms with Gasteiger partial charge in [0.2, 0.25) is 5.91 Å². The zero-order chi connectivity index (χ0) is 12.0. The van der Waals surface area contributed by atoms with Gasteiger partial charge < -0.3 is 4.90 Å². The van der Waals surface area contributed by atoms with Crippen LogP contribution >= 0.6 is 27.5 Å². The van der Waals surface area contributed by atoms with E-state index in [0.29, 0.717) is 11.4 Å². The van der Waals surface area contributed by atoms with Crippen molar-refractivity contribution in [1.82, 2.24) is 4.90 Å². The van der Waals surface area contributed by atoms with Crippen molar-refractivity contribution >= 4 is 33.4 Å². The second-order valence-electron chi connectivity index (χ2n) is 3.47. The fourth-order valence-electron chi connectivity index (χ4n) is 1.45. The molecule has 0 saturated carbocycles. The number of halogens is 2. The Morgan fingerprint density at radius 1 is 1.38 bits per heavy atom. The molecule has 16 heavy (non-hydrogen) atoms. The predicted molar refractivity (Wildman–Crippen MR) is 71.2 cm³/mol. The van der Waals surface area contributed by atoms with E-state index >= 15 is 0 Å². The number of carbonyl (C=O) groups is 1. The molecule has 1 aromatic carbocycles. The molecule has 0 bridgehead atoms. The lowest BCUT2D eigenvalue weighted by Crippen LogP contribution is -2.33. The molecule has 0 aromatic heterocycles. The molecule has 0 saturated heterocycles. The van der Waals surface area contributed by atoms with Gasteiger partial charge in [-0.15, -0.1) is 0 Å². The van der Waals surface area contributed by atoms with Gasteiger partial charge in [0.25, 0.3) is 0 Å². The lowest BCUT2D eigenvalue weighted by atomic mass is 10.1. The van der Waals surface area contributed by atoms with Gasteiger partial charge in [0.15, 0.2) is 0 Å². The van der Waals surface area contributed by atoms with Crippen molar-refractivity contribution in [2.75, 3.05) is 18.4 Å². The van der Waals surface area contributed by atoms with E-state index in [1.807, 2.05) is 36.1 Å². The number of hydrogen-bond acceptors (Lipinski definition) is 1. The molecule has 0 spiro atoms. The molecule has 88 valence electrons. The number of carbonyl (C=O) groups excluding carboxylic acids is 1. The molecule has 0 radical (unpaired) electrons. The van der Waals surface area contributed by atoms with Gasteiger partial charge in [0.05, 0.1) is 6.42 Å². The van der Waals surface area contributed by atoms with E-state index in [2.05, 4.69) is 15.9 Å². The molecular weight excluding hydrogens is 289 g/mol. The Hall–Kier alpha value is -0.540. The fourth-order valence-corrected chi connectivity index (χ4v) is 2.00. The fraction of sp³-hybridized carbons (Fsp3) is 0.417. The van der Waals surface area contributed by atoms with Gasteiger partial charge >= 0.3 is 0 Å². The van der Waals surface area contributed by atoms with Crippen LogP contribution in [0.15, 0.2) is 24.3 Å². The van der Waals surface area contributed by atoms with Crippen molar-refractivity contribution in [3.8, 4) is 0 Å². The van der Waals surface area contributed by atoms with Crippen molar-refractivity contribution in [3.05, 3.63) is 34.9 Å². The minimum atomic E-state index is 0.157. The molecular formula is C12H15BrClNO. The van der Waals surface area contributed by atoms with Crippen LogP contribution in [-0.4, -0.2) is 29.2 Å². The second-order valence-corrected chi connectivity index (χ2v) is 4.70. The highest BCUT2D eigenvalue weighted by molar-refractivity contribution is 9.09. The molecule has 0 atom stereocenters. The van der Waals surface area contributed by atoms with Crippen LogP contribution in [0.25, 0.3) is 0 Å². The first kappa shape index (κ1) is 13.5. The van der Waals surface area contributed by atoms with Crippen LogP contribution in [0, 0.1) is 0 Å². The van der Waals surface area contributed by atoms with Crippen LogP contribution in [-0.2, 0) is 11.2 Å². The van der Waals surface area contributed by atoms with Crippen LogP contribution in [0.5, 0.6) is 0 Å². The van der Waals surface area contributed by atoms with E-state index < -0.39 is 0 Å². The van der Waals surface area contributed by atoms with E-state index in [-0.39, 0.29) is 5.91 Å². The van der Waals surface area contributed by atoms with Gasteiger partial charge in [0, 0.05) is 23.4 Å². The Morgan fingerprint density at radius 2 is 2.00 bits per heavy atom. The molecule has 0 fully saturated rings. The zero-order valence-corrected chi connectivity index (χ0v) is 11.6. The summed E-state index contributed by atoms with van der Waals surface area (Å²) >= 11 is 9.13. The zero-order valence-electron chi connectivity index (χ0n) is 9.25. The number of likely N-dealkylation sites (N-methyl/N-ethyl adjacent to an activating group) is 1. The maximum absolute atomic E-state index is 11.9. The van der Waals surface area contributed by atoms with Crippen LogP contribution in [0.2, 0.25) is 5.02 Å². The first-order valence-electron chi connectivity index (χ1n) is 5.25. The first-order valence-corrected chi connectivity index (χ1v) is 6.75. The molecule has 0 heterocycles. The predicted octanol–water partition coefficient (Wildman–Crippen LogP) is 3.13. The van der Waals surface area contributed by atoms with Crippen molar-refractivity contribution in [2.45, 2.75) is 13.3 Å². The number of hydrogen-bond donors (Lipinski definition) is 0. The number of amides is 1. The van der Waals surface area contributed by atoms with Gasteiger partial charge in [-0.3, -0.25) is 4.79 Å². The van der Waals surface area contributed by atoms with Gasteiger partial charge in [0.1, 0.15) is 0 Å². The second kappa shape index (κ2) is 6.92. The average Bonchev–Trinajstić information content (AvgIpc) is 2.29. The van der Waals surface area contributed by atoms with Crippen LogP contribution in [0.4, 0.5) is 0 Å². The maximum atomic E-state index is 11.9. The van der Waals surface area contributed by atoms with Crippen LogP contribution in [0.3, 0.4) is 0 Å². The molecule has 1 amide bonds. The smallest absolute Gasteiger partial charge is 0.227 e. The summed E-state index contributed by atoms with van der Waals surface area (Å²) in [7, 11) is 0. The van der Waals surface area contributed by atoms with Gasteiger partial charge in [-0.25, -0.2) is 0 Å². The molecule has 0 aliphatic heterocycles. The Labute approximate surface area is 110 Å². The summed E-state index contributed by atoms with van der Waals surface area (Å²) in [5, 5.41) is 1.51. The summed E-state index contributed by atoms with van der Waals surface area (Å²) in [5.41, 5.74) is 1.00. The third kappa shape index (κ3) is 4.14. The summed E-state index contributed by atoms with van der Waals surface area (Å²) in [6.07, 6.45) is 0.442. The van der Waals surface area contributed by atoms with E-state index in [4.69, 9.17) is 11.6 Å². The minimum absolute atomic E-state index is 0.157. The third-order valence-electron chi connectivity index (χ3n) is 2.36. The molecule has 4 heteroatoms. The highest BCUT2D eigenvalue weighted by Crippen LogP contribution is 2.10. The van der Waals surface area contributed by atoms with E-state index in [9.17, 15) is 4.79 Å². The molecule has 0 aliphatic rings. The van der Waals surface area contributed by atoms with Crippen LogP contribution in [0.1, 0.15) is 12.5 Å². The van der Waals surface area contributed by atoms with Gasteiger partial charge in [-0.2, -0.15) is 0 Å². The number of benzene rings is 1. The highest BCUT2D eigenvalue weighted by Gasteiger charge is 2.11. The lowest BCUT2D eigenvalue weighted by Gasteiger charge is -2.19. The summed E-state index contributed by atoms with van der Waals surface area (Å²) in [6, 6.07) is 7.40. The van der Waals surface area contributed by atoms with E-state index in [1.54, 1.807) is 0 Å². The van der Waals surface area contributed by atoms with Crippen molar-refractivity contribution in [3.63, 3.8) is 0 Å². The van der Waals surface area contributed by atoms with Crippen molar-refractivity contribution in [1.29, 1.82) is 0 Å². The van der Waals surface area contributed by atoms with Crippen molar-refractivity contribution < 1.29 is 4.79 Å². The molecule has 0 N–H and O–H groups in total. The molecule has 1 rings (SSSR count).